The highest BCUT2D eigenvalue weighted by atomic mass is 32.1. The largest absolute Gasteiger partial charge is 0.392 e. The number of nitro groups is 1. The van der Waals surface area contributed by atoms with Gasteiger partial charge in [-0.05, 0) is 49.6 Å². The molecule has 0 spiro atoms. The molecule has 24 heavy (non-hydrogen) atoms. The highest BCUT2D eigenvalue weighted by Crippen LogP contribution is 2.38. The summed E-state index contributed by atoms with van der Waals surface area (Å²) in [6, 6.07) is 5.44. The number of nitro benzene ring substituents is 1. The summed E-state index contributed by atoms with van der Waals surface area (Å²) in [7, 11) is -2.10. The molecule has 1 aromatic rings. The van der Waals surface area contributed by atoms with E-state index in [1.54, 1.807) is 6.07 Å². The fourth-order valence-electron chi connectivity index (χ4n) is 2.26. The molecule has 9 heteroatoms. The lowest BCUT2D eigenvalue weighted by atomic mass is 10.1. The van der Waals surface area contributed by atoms with Gasteiger partial charge in [0.2, 0.25) is 0 Å². The molecule has 0 amide bonds. The van der Waals surface area contributed by atoms with Crippen molar-refractivity contribution >= 4 is 54.5 Å². The summed E-state index contributed by atoms with van der Waals surface area (Å²) in [4.78, 5) is 18.9. The third-order valence-corrected chi connectivity index (χ3v) is 6.02. The molecule has 1 aromatic carbocycles. The van der Waals surface area contributed by atoms with Crippen LogP contribution in [0, 0.1) is 10.1 Å². The van der Waals surface area contributed by atoms with E-state index in [1.165, 1.54) is 12.1 Å². The summed E-state index contributed by atoms with van der Waals surface area (Å²) in [6.45, 7) is 6.20. The molecule has 0 bridgehead atoms. The number of hydrogen-bond acceptors (Lipinski definition) is 7. The number of aliphatic imine (C=N–C) groups is 2. The van der Waals surface area contributed by atoms with Gasteiger partial charge in [0, 0.05) is 6.07 Å². The Bertz CT molecular complexity index is 679. The third kappa shape index (κ3) is 5.79. The molecular formula is C15H19N3O3S2Si. The van der Waals surface area contributed by atoms with Crippen LogP contribution in [0.4, 0.5) is 11.4 Å². The average molecular weight is 382 g/mol. The Balaban J connectivity index is 3.41. The minimum Gasteiger partial charge on any atom is -0.392 e. The lowest BCUT2D eigenvalue weighted by Crippen LogP contribution is -2.31. The summed E-state index contributed by atoms with van der Waals surface area (Å²) >= 11 is 9.34. The Kier molecular flexibility index (Phi) is 8.21. The van der Waals surface area contributed by atoms with Crippen molar-refractivity contribution < 1.29 is 9.35 Å². The minimum absolute atomic E-state index is 0.138. The quantitative estimate of drug-likeness (QED) is 0.187. The molecule has 0 radical (unpaired) electrons. The van der Waals surface area contributed by atoms with Crippen molar-refractivity contribution in [3.05, 3.63) is 33.9 Å². The van der Waals surface area contributed by atoms with Gasteiger partial charge in [0.1, 0.15) is 5.56 Å². The van der Waals surface area contributed by atoms with Crippen LogP contribution in [0.25, 0.3) is 0 Å². The van der Waals surface area contributed by atoms with Crippen LogP contribution in [0.2, 0.25) is 19.1 Å². The van der Waals surface area contributed by atoms with Gasteiger partial charge in [-0.15, -0.1) is 0 Å². The highest BCUT2D eigenvalue weighted by molar-refractivity contribution is 7.78. The van der Waals surface area contributed by atoms with Gasteiger partial charge in [0.05, 0.1) is 20.9 Å². The summed E-state index contributed by atoms with van der Waals surface area (Å²) in [6.07, 6.45) is 1.15. The van der Waals surface area contributed by atoms with Gasteiger partial charge in [-0.3, -0.25) is 10.1 Å². The number of nitrogens with zero attached hydrogens (tertiary/aromatic N) is 3. The molecule has 0 saturated heterocycles. The summed E-state index contributed by atoms with van der Waals surface area (Å²) in [5.74, 6) is 0. The molecule has 0 aromatic heterocycles. The van der Waals surface area contributed by atoms with E-state index in [0.717, 1.165) is 18.9 Å². The van der Waals surface area contributed by atoms with Crippen molar-refractivity contribution in [1.82, 2.24) is 0 Å². The smallest absolute Gasteiger partial charge is 0.279 e. The zero-order valence-corrected chi connectivity index (χ0v) is 16.4. The number of benzene rings is 1. The summed E-state index contributed by atoms with van der Waals surface area (Å²) < 4.78 is 6.16. The molecule has 6 nitrogen and oxygen atoms in total. The Morgan fingerprint density at radius 1 is 1.38 bits per heavy atom. The second kappa shape index (κ2) is 9.63. The number of thiocarbonyl (C=S) groups is 2. The Labute approximate surface area is 152 Å². The Morgan fingerprint density at radius 3 is 2.62 bits per heavy atom. The maximum Gasteiger partial charge on any atom is 0.279 e. The first kappa shape index (κ1) is 20.4. The number of isothiocyanates is 2. The van der Waals surface area contributed by atoms with Crippen molar-refractivity contribution in [3.8, 4) is 0 Å². The van der Waals surface area contributed by atoms with Gasteiger partial charge >= 0.3 is 0 Å². The van der Waals surface area contributed by atoms with E-state index in [4.69, 9.17) is 16.6 Å². The van der Waals surface area contributed by atoms with Crippen LogP contribution in [0.1, 0.15) is 31.6 Å². The van der Waals surface area contributed by atoms with E-state index in [1.807, 2.05) is 13.1 Å². The van der Waals surface area contributed by atoms with Gasteiger partial charge in [-0.1, -0.05) is 25.8 Å². The SMILES string of the molecule is CCCC[Si](C)(C)OC(N=C=S)c1c(N=C=S)cccc1[N+](=O)[O-]. The predicted octanol–water partition coefficient (Wildman–Crippen LogP) is 5.45. The van der Waals surface area contributed by atoms with Crippen LogP contribution in [-0.4, -0.2) is 23.6 Å². The maximum absolute atomic E-state index is 11.4. The second-order valence-corrected chi connectivity index (χ2v) is 10.3. The van der Waals surface area contributed by atoms with Crippen LogP contribution in [0.3, 0.4) is 0 Å². The lowest BCUT2D eigenvalue weighted by Gasteiger charge is -2.27. The zero-order chi connectivity index (χ0) is 18.2. The fourth-order valence-corrected chi connectivity index (χ4v) is 4.55. The van der Waals surface area contributed by atoms with Crippen LogP contribution >= 0.6 is 24.4 Å². The first-order chi connectivity index (χ1) is 11.4. The van der Waals surface area contributed by atoms with E-state index in [9.17, 15) is 10.1 Å². The first-order valence-electron chi connectivity index (χ1n) is 7.46. The van der Waals surface area contributed by atoms with Gasteiger partial charge in [-0.2, -0.15) is 9.98 Å². The molecule has 0 heterocycles. The second-order valence-electron chi connectivity index (χ2n) is 5.72. The number of hydrogen-bond donors (Lipinski definition) is 0. The van der Waals surface area contributed by atoms with Gasteiger partial charge in [0.15, 0.2) is 14.5 Å². The maximum atomic E-state index is 11.4. The molecule has 0 aliphatic carbocycles. The molecule has 1 atom stereocenters. The van der Waals surface area contributed by atoms with Crippen LogP contribution in [-0.2, 0) is 4.43 Å². The molecule has 1 rings (SSSR count). The van der Waals surface area contributed by atoms with Crippen LogP contribution in [0.5, 0.6) is 0 Å². The fraction of sp³-hybridized carbons (Fsp3) is 0.467. The summed E-state index contributed by atoms with van der Waals surface area (Å²) in [5.41, 5.74) is 0.397. The van der Waals surface area contributed by atoms with Crippen molar-refractivity contribution in [2.75, 3.05) is 0 Å². The molecular weight excluding hydrogens is 362 g/mol. The van der Waals surface area contributed by atoms with Crippen LogP contribution in [0.15, 0.2) is 28.2 Å². The van der Waals surface area contributed by atoms with E-state index in [0.29, 0.717) is 5.69 Å². The molecule has 0 aliphatic rings. The van der Waals surface area contributed by atoms with Gasteiger partial charge in [-0.25, -0.2) is 0 Å². The van der Waals surface area contributed by atoms with Crippen molar-refractivity contribution in [1.29, 1.82) is 0 Å². The van der Waals surface area contributed by atoms with Crippen LogP contribution < -0.4 is 0 Å². The molecule has 128 valence electrons. The van der Waals surface area contributed by atoms with Crippen molar-refractivity contribution in [3.63, 3.8) is 0 Å². The Morgan fingerprint density at radius 2 is 2.08 bits per heavy atom. The topological polar surface area (TPSA) is 77.1 Å². The van der Waals surface area contributed by atoms with E-state index in [2.05, 4.69) is 39.4 Å². The van der Waals surface area contributed by atoms with E-state index >= 15 is 0 Å². The molecule has 0 fully saturated rings. The normalized spacial score (nSPS) is 12.0. The molecule has 1 unspecified atom stereocenters. The third-order valence-electron chi connectivity index (χ3n) is 3.40. The zero-order valence-electron chi connectivity index (χ0n) is 13.8. The standard InChI is InChI=1S/C15H19N3O3S2Si/c1-4-5-9-24(2,3)21-15(17-11-23)14-12(16-10-22)7-6-8-13(14)18(19)20/h6-8,15H,4-5,9H2,1-3H3. The minimum atomic E-state index is -2.10. The predicted molar refractivity (Wildman–Crippen MR) is 104 cm³/mol. The van der Waals surface area contributed by atoms with E-state index < -0.39 is 19.5 Å². The molecule has 0 N–H and O–H groups in total. The highest BCUT2D eigenvalue weighted by Gasteiger charge is 2.32. The average Bonchev–Trinajstić information content (AvgIpc) is 2.52. The first-order valence-corrected chi connectivity index (χ1v) is 11.4. The number of rotatable bonds is 9. The summed E-state index contributed by atoms with van der Waals surface area (Å²) in [5, 5.41) is 15.9. The van der Waals surface area contributed by atoms with Crippen molar-refractivity contribution in [2.24, 2.45) is 9.98 Å². The van der Waals surface area contributed by atoms with E-state index in [-0.39, 0.29) is 11.3 Å². The monoisotopic (exact) mass is 381 g/mol. The van der Waals surface area contributed by atoms with Gasteiger partial charge in [0.25, 0.3) is 5.69 Å². The Hall–Kier alpha value is -1.60. The van der Waals surface area contributed by atoms with Crippen molar-refractivity contribution in [2.45, 2.75) is 45.1 Å². The lowest BCUT2D eigenvalue weighted by molar-refractivity contribution is -0.386. The van der Waals surface area contributed by atoms with Gasteiger partial charge < -0.3 is 4.43 Å². The molecule has 0 aliphatic heterocycles. The molecule has 0 saturated carbocycles. The number of unbranched alkanes of at least 4 members (excludes halogenated alkanes) is 1.